The molecule has 5 rings (SSSR count). The summed E-state index contributed by atoms with van der Waals surface area (Å²) in [4.78, 5) is 20.7. The third kappa shape index (κ3) is 3.70. The molecule has 1 unspecified atom stereocenters. The molecule has 6 nitrogen and oxygen atoms in total. The summed E-state index contributed by atoms with van der Waals surface area (Å²) in [6.45, 7) is 8.57. The van der Waals surface area contributed by atoms with E-state index in [-0.39, 0.29) is 0 Å². The standard InChI is InChI=1S/C24H32N6/c1-3-29-13-15-30(16-14-29)21-11-5-9-19-24(21)27-22(26-19)17-28(2)20-10-4-7-18-8-6-12-25-23(18)20/h5-6,8-9,11-12,20H,3-4,7,10,13-17H2,1-2H3,(H,26,27). The normalized spacial score (nSPS) is 20.1. The number of H-pyrrole nitrogens is 1. The first-order valence-corrected chi connectivity index (χ1v) is 11.3. The van der Waals surface area contributed by atoms with E-state index in [2.05, 4.69) is 64.0 Å². The molecule has 0 spiro atoms. The highest BCUT2D eigenvalue weighted by atomic mass is 15.3. The Balaban J connectivity index is 1.36. The van der Waals surface area contributed by atoms with E-state index < -0.39 is 0 Å². The molecule has 2 aromatic heterocycles. The number of aromatic amines is 1. The number of pyridine rings is 1. The minimum atomic E-state index is 0.366. The molecule has 6 heteroatoms. The minimum Gasteiger partial charge on any atom is -0.367 e. The van der Waals surface area contributed by atoms with Crippen molar-refractivity contribution in [2.75, 3.05) is 44.7 Å². The van der Waals surface area contributed by atoms with Gasteiger partial charge in [-0.25, -0.2) is 4.98 Å². The summed E-state index contributed by atoms with van der Waals surface area (Å²) >= 11 is 0. The first-order chi connectivity index (χ1) is 14.7. The number of hydrogen-bond acceptors (Lipinski definition) is 5. The van der Waals surface area contributed by atoms with Crippen LogP contribution in [-0.2, 0) is 13.0 Å². The number of nitrogens with zero attached hydrogens (tertiary/aromatic N) is 5. The van der Waals surface area contributed by atoms with Crippen LogP contribution in [0.2, 0.25) is 0 Å². The van der Waals surface area contributed by atoms with Crippen LogP contribution in [-0.4, -0.2) is 64.5 Å². The second-order valence-corrected chi connectivity index (χ2v) is 8.65. The molecule has 1 atom stereocenters. The number of anilines is 1. The second kappa shape index (κ2) is 8.36. The van der Waals surface area contributed by atoms with E-state index in [0.29, 0.717) is 6.04 Å². The Morgan fingerprint density at radius 1 is 1.13 bits per heavy atom. The predicted molar refractivity (Wildman–Crippen MR) is 122 cm³/mol. The van der Waals surface area contributed by atoms with Crippen LogP contribution in [0.3, 0.4) is 0 Å². The Morgan fingerprint density at radius 3 is 2.83 bits per heavy atom. The highest BCUT2D eigenvalue weighted by Crippen LogP contribution is 2.33. The SMILES string of the molecule is CCN1CCN(c2cccc3[nH]c(CN(C)C4CCCc5cccnc54)nc23)CC1. The fourth-order valence-corrected chi connectivity index (χ4v) is 5.06. The van der Waals surface area contributed by atoms with Gasteiger partial charge < -0.3 is 14.8 Å². The van der Waals surface area contributed by atoms with Crippen molar-refractivity contribution in [2.45, 2.75) is 38.8 Å². The van der Waals surface area contributed by atoms with E-state index in [0.717, 1.165) is 69.0 Å². The minimum absolute atomic E-state index is 0.366. The van der Waals surface area contributed by atoms with E-state index in [1.54, 1.807) is 0 Å². The average Bonchev–Trinajstić information content (AvgIpc) is 3.21. The smallest absolute Gasteiger partial charge is 0.121 e. The number of fused-ring (bicyclic) bond motifs is 2. The largest absolute Gasteiger partial charge is 0.367 e. The van der Waals surface area contributed by atoms with Gasteiger partial charge in [0.05, 0.1) is 29.5 Å². The number of imidazole rings is 1. The first kappa shape index (κ1) is 19.5. The lowest BCUT2D eigenvalue weighted by Gasteiger charge is -2.35. The summed E-state index contributed by atoms with van der Waals surface area (Å²) in [6, 6.07) is 11.2. The summed E-state index contributed by atoms with van der Waals surface area (Å²) < 4.78 is 0. The summed E-state index contributed by atoms with van der Waals surface area (Å²) in [5.74, 6) is 1.04. The lowest BCUT2D eigenvalue weighted by molar-refractivity contribution is 0.204. The summed E-state index contributed by atoms with van der Waals surface area (Å²) in [5, 5.41) is 0. The van der Waals surface area contributed by atoms with Crippen LogP contribution in [0.15, 0.2) is 36.5 Å². The molecule has 1 aliphatic carbocycles. The molecule has 1 fully saturated rings. The van der Waals surface area contributed by atoms with E-state index >= 15 is 0 Å². The monoisotopic (exact) mass is 404 g/mol. The van der Waals surface area contributed by atoms with Crippen LogP contribution in [0.1, 0.15) is 42.9 Å². The van der Waals surface area contributed by atoms with Crippen molar-refractivity contribution in [1.29, 1.82) is 0 Å². The zero-order valence-electron chi connectivity index (χ0n) is 18.1. The molecule has 3 aromatic rings. The highest BCUT2D eigenvalue weighted by Gasteiger charge is 2.26. The van der Waals surface area contributed by atoms with Crippen LogP contribution >= 0.6 is 0 Å². The van der Waals surface area contributed by atoms with Crippen molar-refractivity contribution in [1.82, 2.24) is 24.8 Å². The van der Waals surface area contributed by atoms with Gasteiger partial charge in [0.15, 0.2) is 0 Å². The number of hydrogen-bond donors (Lipinski definition) is 1. The lowest BCUT2D eigenvalue weighted by atomic mass is 9.91. The van der Waals surface area contributed by atoms with Gasteiger partial charge >= 0.3 is 0 Å². The molecule has 1 saturated heterocycles. The Kier molecular flexibility index (Phi) is 5.44. The van der Waals surface area contributed by atoms with Gasteiger partial charge in [-0.15, -0.1) is 0 Å². The lowest BCUT2D eigenvalue weighted by Crippen LogP contribution is -2.46. The molecule has 1 aliphatic heterocycles. The predicted octanol–water partition coefficient (Wildman–Crippen LogP) is 3.61. The molecule has 2 aliphatic rings. The molecular formula is C24H32N6. The molecule has 1 N–H and O–H groups in total. The van der Waals surface area contributed by atoms with Gasteiger partial charge in [-0.2, -0.15) is 0 Å². The molecule has 1 aromatic carbocycles. The Hall–Kier alpha value is -2.44. The number of aromatic nitrogens is 3. The molecule has 0 bridgehead atoms. The van der Waals surface area contributed by atoms with Gasteiger partial charge in [-0.1, -0.05) is 19.1 Å². The Labute approximate surface area is 178 Å². The van der Waals surface area contributed by atoms with Gasteiger partial charge in [-0.05, 0) is 56.6 Å². The van der Waals surface area contributed by atoms with Crippen molar-refractivity contribution in [3.8, 4) is 0 Å². The highest BCUT2D eigenvalue weighted by molar-refractivity contribution is 5.89. The fourth-order valence-electron chi connectivity index (χ4n) is 5.06. The third-order valence-corrected chi connectivity index (χ3v) is 6.80. The maximum atomic E-state index is 5.04. The average molecular weight is 405 g/mol. The number of nitrogens with one attached hydrogen (secondary N) is 1. The zero-order valence-corrected chi connectivity index (χ0v) is 18.1. The van der Waals surface area contributed by atoms with E-state index in [1.807, 2.05) is 6.20 Å². The van der Waals surface area contributed by atoms with Gasteiger partial charge in [0.25, 0.3) is 0 Å². The summed E-state index contributed by atoms with van der Waals surface area (Å²) in [5.41, 5.74) is 6.15. The van der Waals surface area contributed by atoms with Gasteiger partial charge in [0.2, 0.25) is 0 Å². The van der Waals surface area contributed by atoms with Crippen LogP contribution in [0.5, 0.6) is 0 Å². The van der Waals surface area contributed by atoms with Crippen LogP contribution in [0.25, 0.3) is 11.0 Å². The van der Waals surface area contributed by atoms with Gasteiger partial charge in [0.1, 0.15) is 11.3 Å². The number of benzene rings is 1. The van der Waals surface area contributed by atoms with Crippen molar-refractivity contribution >= 4 is 16.7 Å². The zero-order chi connectivity index (χ0) is 20.5. The number of likely N-dealkylation sites (N-methyl/N-ethyl adjacent to an activating group) is 1. The molecule has 30 heavy (non-hydrogen) atoms. The number of rotatable bonds is 5. The first-order valence-electron chi connectivity index (χ1n) is 11.3. The van der Waals surface area contributed by atoms with Crippen LogP contribution < -0.4 is 4.90 Å². The van der Waals surface area contributed by atoms with Gasteiger partial charge in [-0.3, -0.25) is 9.88 Å². The Morgan fingerprint density at radius 2 is 2.00 bits per heavy atom. The third-order valence-electron chi connectivity index (χ3n) is 6.80. The number of piperazine rings is 1. The summed E-state index contributed by atoms with van der Waals surface area (Å²) in [7, 11) is 2.20. The molecule has 0 saturated carbocycles. The maximum Gasteiger partial charge on any atom is 0.121 e. The number of para-hydroxylation sites is 1. The van der Waals surface area contributed by atoms with Crippen LogP contribution in [0, 0.1) is 0 Å². The quantitative estimate of drug-likeness (QED) is 0.704. The topological polar surface area (TPSA) is 51.3 Å². The summed E-state index contributed by atoms with van der Waals surface area (Å²) in [6.07, 6.45) is 5.46. The van der Waals surface area contributed by atoms with Gasteiger partial charge in [0, 0.05) is 32.4 Å². The van der Waals surface area contributed by atoms with E-state index in [1.165, 1.54) is 23.4 Å². The molecule has 0 amide bonds. The second-order valence-electron chi connectivity index (χ2n) is 8.65. The fraction of sp³-hybridized carbons (Fsp3) is 0.500. The number of aryl methyl sites for hydroxylation is 1. The Bertz CT molecular complexity index is 1000. The maximum absolute atomic E-state index is 5.04. The van der Waals surface area contributed by atoms with Crippen molar-refractivity contribution in [2.24, 2.45) is 0 Å². The van der Waals surface area contributed by atoms with Crippen molar-refractivity contribution in [3.05, 3.63) is 53.6 Å². The van der Waals surface area contributed by atoms with E-state index in [9.17, 15) is 0 Å². The van der Waals surface area contributed by atoms with Crippen LogP contribution in [0.4, 0.5) is 5.69 Å². The molecule has 158 valence electrons. The van der Waals surface area contributed by atoms with Crippen molar-refractivity contribution in [3.63, 3.8) is 0 Å². The molecular weight excluding hydrogens is 372 g/mol. The van der Waals surface area contributed by atoms with E-state index in [4.69, 9.17) is 9.97 Å². The molecule has 3 heterocycles. The molecule has 0 radical (unpaired) electrons. The van der Waals surface area contributed by atoms with Crippen molar-refractivity contribution < 1.29 is 0 Å².